The van der Waals surface area contributed by atoms with Gasteiger partial charge < -0.3 is 14.7 Å². The number of para-hydroxylation sites is 2. The number of furan rings is 1. The number of nitrogens with one attached hydrogen (secondary N) is 1. The molecule has 0 spiro atoms. The van der Waals surface area contributed by atoms with Crippen LogP contribution in [0.3, 0.4) is 0 Å². The van der Waals surface area contributed by atoms with Gasteiger partial charge in [0.2, 0.25) is 0 Å². The number of hydrogen-bond donors (Lipinski definition) is 2. The zero-order valence-corrected chi connectivity index (χ0v) is 33.4. The molecule has 0 unspecified atom stereocenters. The fourth-order valence-electron chi connectivity index (χ4n) is 8.72. The molecule has 0 aliphatic rings. The Labute approximate surface area is 352 Å². The molecule has 6 nitrogen and oxygen atoms in total. The first-order chi connectivity index (χ1) is 30.2. The van der Waals surface area contributed by atoms with Crippen LogP contribution in [0.5, 0.6) is 0 Å². The van der Waals surface area contributed by atoms with Crippen LogP contribution in [0.15, 0.2) is 211 Å². The van der Waals surface area contributed by atoms with Gasteiger partial charge >= 0.3 is 0 Å². The standard InChI is InChI=1S/C55H41N5O/c56-48(40-25-27-44-42-18-9-12-22-52(42)60(53(44)34-40)58-49(39-16-5-2-6-17-39)28-23-37-13-3-1-4-14-37)20-10-7-15-38-24-29-51-45(33-38)43-19-8-11-21-50(43)59(51)41-26-30-54-46(35-41)47-36-57-32-31-55(47)61-54/h1-14,16-22,24-36,58H,15,23,56H2/b10-7-,48-20-,49-28-. The number of hydrogen-bond acceptors (Lipinski definition) is 4. The molecule has 0 aliphatic carbocycles. The Morgan fingerprint density at radius 1 is 0.557 bits per heavy atom. The Bertz CT molecular complexity index is 3510. The number of aromatic nitrogens is 3. The van der Waals surface area contributed by atoms with Crippen molar-refractivity contribution < 1.29 is 4.42 Å². The molecule has 6 heteroatoms. The Kier molecular flexibility index (Phi) is 9.01. The summed E-state index contributed by atoms with van der Waals surface area (Å²) in [6, 6.07) is 59.8. The summed E-state index contributed by atoms with van der Waals surface area (Å²) < 4.78 is 10.7. The molecule has 4 heterocycles. The molecule has 0 aliphatic heterocycles. The van der Waals surface area contributed by atoms with Crippen LogP contribution < -0.4 is 11.2 Å². The molecule has 0 saturated carbocycles. The molecule has 0 amide bonds. The third-order valence-electron chi connectivity index (χ3n) is 11.7. The van der Waals surface area contributed by atoms with Gasteiger partial charge in [-0.2, -0.15) is 0 Å². The highest BCUT2D eigenvalue weighted by Gasteiger charge is 2.16. The molecule has 4 aromatic heterocycles. The predicted molar refractivity (Wildman–Crippen MR) is 254 cm³/mol. The molecule has 3 N–H and O–H groups in total. The number of nitrogens with two attached hydrogens (primary N) is 1. The summed E-state index contributed by atoms with van der Waals surface area (Å²) in [5.41, 5.74) is 24.2. The van der Waals surface area contributed by atoms with Crippen molar-refractivity contribution in [2.75, 3.05) is 5.43 Å². The van der Waals surface area contributed by atoms with E-state index in [0.29, 0.717) is 5.70 Å². The number of nitrogens with zero attached hydrogens (tertiary/aromatic N) is 3. The van der Waals surface area contributed by atoms with Crippen LogP contribution in [0.25, 0.3) is 82.6 Å². The van der Waals surface area contributed by atoms with Crippen LogP contribution in [-0.2, 0) is 12.8 Å². The minimum Gasteiger partial charge on any atom is -0.456 e. The van der Waals surface area contributed by atoms with Gasteiger partial charge in [-0.1, -0.05) is 133 Å². The van der Waals surface area contributed by atoms with Crippen LogP contribution in [-0.4, -0.2) is 14.2 Å². The van der Waals surface area contributed by atoms with Crippen LogP contribution >= 0.6 is 0 Å². The van der Waals surface area contributed by atoms with E-state index in [2.05, 4.69) is 202 Å². The number of pyridine rings is 1. The third kappa shape index (κ3) is 6.61. The first kappa shape index (κ1) is 36.0. The Hall–Kier alpha value is -8.09. The van der Waals surface area contributed by atoms with Crippen LogP contribution in [0, 0.1) is 0 Å². The van der Waals surface area contributed by atoms with E-state index in [1.807, 2.05) is 18.3 Å². The van der Waals surface area contributed by atoms with E-state index < -0.39 is 0 Å². The van der Waals surface area contributed by atoms with Crippen LogP contribution in [0.4, 0.5) is 0 Å². The normalized spacial score (nSPS) is 12.6. The van der Waals surface area contributed by atoms with Crippen LogP contribution in [0.2, 0.25) is 0 Å². The zero-order valence-electron chi connectivity index (χ0n) is 33.4. The van der Waals surface area contributed by atoms with Gasteiger partial charge in [0.25, 0.3) is 0 Å². The quantitative estimate of drug-likeness (QED) is 0.135. The molecule has 61 heavy (non-hydrogen) atoms. The van der Waals surface area contributed by atoms with Crippen molar-refractivity contribution in [2.24, 2.45) is 5.73 Å². The van der Waals surface area contributed by atoms with Crippen molar-refractivity contribution in [2.45, 2.75) is 12.8 Å². The van der Waals surface area contributed by atoms with E-state index in [4.69, 9.17) is 10.2 Å². The van der Waals surface area contributed by atoms with Gasteiger partial charge in [-0.05, 0) is 95.8 Å². The van der Waals surface area contributed by atoms with Crippen molar-refractivity contribution in [3.8, 4) is 5.69 Å². The highest BCUT2D eigenvalue weighted by Crippen LogP contribution is 2.36. The van der Waals surface area contributed by atoms with Gasteiger partial charge in [-0.15, -0.1) is 0 Å². The van der Waals surface area contributed by atoms with Gasteiger partial charge in [-0.25, -0.2) is 0 Å². The maximum atomic E-state index is 6.82. The maximum absolute atomic E-state index is 6.82. The second-order valence-electron chi connectivity index (χ2n) is 15.5. The first-order valence-corrected chi connectivity index (χ1v) is 20.7. The third-order valence-corrected chi connectivity index (χ3v) is 11.7. The Morgan fingerprint density at radius 2 is 1.28 bits per heavy atom. The smallest absolute Gasteiger partial charge is 0.138 e. The summed E-state index contributed by atoms with van der Waals surface area (Å²) in [6.45, 7) is 0. The van der Waals surface area contributed by atoms with E-state index in [1.54, 1.807) is 6.20 Å². The molecule has 11 rings (SSSR count). The monoisotopic (exact) mass is 787 g/mol. The lowest BCUT2D eigenvalue weighted by Crippen LogP contribution is -2.13. The van der Waals surface area contributed by atoms with Crippen molar-refractivity contribution >= 4 is 76.9 Å². The van der Waals surface area contributed by atoms with Gasteiger partial charge in [0.05, 0.1) is 27.8 Å². The lowest BCUT2D eigenvalue weighted by Gasteiger charge is -2.16. The number of fused-ring (bicyclic) bond motifs is 9. The lowest BCUT2D eigenvalue weighted by atomic mass is 10.1. The summed E-state index contributed by atoms with van der Waals surface area (Å²) in [4.78, 5) is 4.36. The predicted octanol–water partition coefficient (Wildman–Crippen LogP) is 13.1. The maximum Gasteiger partial charge on any atom is 0.138 e. The fourth-order valence-corrected chi connectivity index (χ4v) is 8.72. The topological polar surface area (TPSA) is 73.9 Å². The van der Waals surface area contributed by atoms with Gasteiger partial charge in [0.15, 0.2) is 0 Å². The molecular weight excluding hydrogens is 747 g/mol. The SMILES string of the molecule is N/C(=C\C=C/Cc1ccc2c(c1)c1ccccc1n2-c1ccc2oc3ccncc3c2c1)c1ccc2c3ccccc3n(N/C(=C\Cc3ccccc3)c3ccccc3)c2c1. The minimum atomic E-state index is 0.703. The fraction of sp³-hybridized carbons (Fsp3) is 0.0364. The lowest BCUT2D eigenvalue weighted by molar-refractivity contribution is 0.668. The summed E-state index contributed by atoms with van der Waals surface area (Å²) in [6.07, 6.45) is 13.7. The van der Waals surface area contributed by atoms with E-state index >= 15 is 0 Å². The molecule has 11 aromatic rings. The Balaban J connectivity index is 0.889. The zero-order chi connectivity index (χ0) is 40.7. The van der Waals surface area contributed by atoms with Crippen molar-refractivity contribution in [3.63, 3.8) is 0 Å². The molecule has 7 aromatic carbocycles. The molecule has 0 saturated heterocycles. The van der Waals surface area contributed by atoms with Crippen molar-refractivity contribution in [1.29, 1.82) is 0 Å². The summed E-state index contributed by atoms with van der Waals surface area (Å²) in [7, 11) is 0. The average Bonchev–Trinajstić information content (AvgIpc) is 3.96. The number of allylic oxidation sites excluding steroid dienone is 4. The summed E-state index contributed by atoms with van der Waals surface area (Å²) in [5, 5.41) is 6.86. The molecule has 0 atom stereocenters. The van der Waals surface area contributed by atoms with Crippen molar-refractivity contribution in [3.05, 3.63) is 229 Å². The summed E-state index contributed by atoms with van der Waals surface area (Å²) >= 11 is 0. The van der Waals surface area contributed by atoms with E-state index in [0.717, 1.165) is 84.7 Å². The van der Waals surface area contributed by atoms with Crippen LogP contribution in [0.1, 0.15) is 22.3 Å². The largest absolute Gasteiger partial charge is 0.456 e. The van der Waals surface area contributed by atoms with E-state index in [9.17, 15) is 0 Å². The molecule has 292 valence electrons. The summed E-state index contributed by atoms with van der Waals surface area (Å²) in [5.74, 6) is 0. The molecule has 0 bridgehead atoms. The van der Waals surface area contributed by atoms with E-state index in [-0.39, 0.29) is 0 Å². The molecule has 0 radical (unpaired) electrons. The average molecular weight is 788 g/mol. The van der Waals surface area contributed by atoms with E-state index in [1.165, 1.54) is 27.3 Å². The molecular formula is C55H41N5O. The highest BCUT2D eigenvalue weighted by atomic mass is 16.3. The van der Waals surface area contributed by atoms with Crippen molar-refractivity contribution in [1.82, 2.24) is 14.2 Å². The number of rotatable bonds is 10. The van der Waals surface area contributed by atoms with Gasteiger partial charge in [0, 0.05) is 56.1 Å². The van der Waals surface area contributed by atoms with Gasteiger partial charge in [0.1, 0.15) is 11.2 Å². The number of benzene rings is 7. The highest BCUT2D eigenvalue weighted by molar-refractivity contribution is 6.11. The molecule has 0 fully saturated rings. The minimum absolute atomic E-state index is 0.703. The second kappa shape index (κ2) is 15.3. The second-order valence-corrected chi connectivity index (χ2v) is 15.5. The Morgan fingerprint density at radius 3 is 2.13 bits per heavy atom. The van der Waals surface area contributed by atoms with Gasteiger partial charge in [-0.3, -0.25) is 15.1 Å². The first-order valence-electron chi connectivity index (χ1n) is 20.7.